The first-order valence-electron chi connectivity index (χ1n) is 10.1. The fourth-order valence-corrected chi connectivity index (χ4v) is 4.32. The average molecular weight is 430 g/mol. The molecule has 2 atom stereocenters. The summed E-state index contributed by atoms with van der Waals surface area (Å²) in [6, 6.07) is 17.7. The van der Waals surface area contributed by atoms with Gasteiger partial charge in [0.1, 0.15) is 5.75 Å². The Morgan fingerprint density at radius 3 is 2.63 bits per heavy atom. The number of carbonyl (C=O) groups excluding carboxylic acids is 2. The molecule has 2 amide bonds. The number of nitrogens with zero attached hydrogens (tertiary/aromatic N) is 2. The lowest BCUT2D eigenvalue weighted by Gasteiger charge is -2.38. The van der Waals surface area contributed by atoms with Gasteiger partial charge in [0.25, 0.3) is 0 Å². The van der Waals surface area contributed by atoms with E-state index in [1.54, 1.807) is 12.0 Å². The molecule has 4 rings (SSSR count). The molecule has 2 aliphatic heterocycles. The van der Waals surface area contributed by atoms with Gasteiger partial charge < -0.3 is 19.9 Å². The lowest BCUT2D eigenvalue weighted by molar-refractivity contribution is -0.139. The monoisotopic (exact) mass is 429 g/mol. The normalized spacial score (nSPS) is 21.3. The van der Waals surface area contributed by atoms with E-state index in [9.17, 15) is 9.59 Å². The van der Waals surface area contributed by atoms with Gasteiger partial charge in [-0.15, -0.1) is 12.4 Å². The third-order valence-electron chi connectivity index (χ3n) is 5.80. The zero-order valence-corrected chi connectivity index (χ0v) is 17.9. The van der Waals surface area contributed by atoms with Crippen LogP contribution in [0.3, 0.4) is 0 Å². The summed E-state index contributed by atoms with van der Waals surface area (Å²) in [4.78, 5) is 29.7. The number of hydrogen-bond acceptors (Lipinski definition) is 4. The highest BCUT2D eigenvalue weighted by Crippen LogP contribution is 2.32. The van der Waals surface area contributed by atoms with Crippen LogP contribution in [0.4, 0.5) is 0 Å². The standard InChI is InChI=1S/C23H27N3O3.ClH/c1-29-21-10-6-5-9-19(21)20-14-24-11-12-26(20)23(28)18-13-22(27)25(16-18)15-17-7-3-2-4-8-17;/h2-10,18,20,24H,11-16H2,1H3;1H. The predicted molar refractivity (Wildman–Crippen MR) is 118 cm³/mol. The summed E-state index contributed by atoms with van der Waals surface area (Å²) in [7, 11) is 1.65. The van der Waals surface area contributed by atoms with Crippen LogP contribution >= 0.6 is 12.4 Å². The second kappa shape index (κ2) is 9.96. The van der Waals surface area contributed by atoms with E-state index >= 15 is 0 Å². The third-order valence-corrected chi connectivity index (χ3v) is 5.80. The van der Waals surface area contributed by atoms with E-state index in [-0.39, 0.29) is 42.6 Å². The molecule has 2 fully saturated rings. The van der Waals surface area contributed by atoms with Gasteiger partial charge in [0.05, 0.1) is 19.1 Å². The zero-order chi connectivity index (χ0) is 20.2. The molecule has 0 aliphatic carbocycles. The molecule has 6 nitrogen and oxygen atoms in total. The van der Waals surface area contributed by atoms with Gasteiger partial charge in [-0.3, -0.25) is 9.59 Å². The number of hydrogen-bond donors (Lipinski definition) is 1. The van der Waals surface area contributed by atoms with Crippen LogP contribution in [0.2, 0.25) is 0 Å². The Balaban J connectivity index is 0.00000256. The first kappa shape index (κ1) is 22.1. The Morgan fingerprint density at radius 2 is 1.87 bits per heavy atom. The molecule has 2 heterocycles. The second-order valence-electron chi connectivity index (χ2n) is 7.65. The molecule has 0 radical (unpaired) electrons. The Labute approximate surface area is 183 Å². The number of halogens is 1. The van der Waals surface area contributed by atoms with Gasteiger partial charge in [-0.05, 0) is 11.6 Å². The summed E-state index contributed by atoms with van der Waals surface area (Å²) in [5, 5.41) is 3.38. The van der Waals surface area contributed by atoms with Crippen LogP contribution in [0.15, 0.2) is 54.6 Å². The van der Waals surface area contributed by atoms with E-state index in [4.69, 9.17) is 4.74 Å². The number of benzene rings is 2. The molecule has 0 spiro atoms. The lowest BCUT2D eigenvalue weighted by Crippen LogP contribution is -2.50. The number of carbonyl (C=O) groups is 2. The van der Waals surface area contributed by atoms with Crippen LogP contribution in [0, 0.1) is 5.92 Å². The maximum atomic E-state index is 13.4. The summed E-state index contributed by atoms with van der Waals surface area (Å²) in [6.45, 7) is 3.10. The van der Waals surface area contributed by atoms with Crippen LogP contribution in [-0.2, 0) is 16.1 Å². The van der Waals surface area contributed by atoms with Gasteiger partial charge in [-0.25, -0.2) is 0 Å². The minimum atomic E-state index is -0.290. The van der Waals surface area contributed by atoms with Crippen molar-refractivity contribution in [1.82, 2.24) is 15.1 Å². The molecule has 0 bridgehead atoms. The number of amides is 2. The minimum Gasteiger partial charge on any atom is -0.496 e. The summed E-state index contributed by atoms with van der Waals surface area (Å²) >= 11 is 0. The van der Waals surface area contributed by atoms with Crippen LogP contribution in [0.25, 0.3) is 0 Å². The van der Waals surface area contributed by atoms with Crippen LogP contribution in [0.5, 0.6) is 5.75 Å². The Bertz CT molecular complexity index is 877. The average Bonchev–Trinajstić information content (AvgIpc) is 3.14. The van der Waals surface area contributed by atoms with Crippen molar-refractivity contribution < 1.29 is 14.3 Å². The van der Waals surface area contributed by atoms with Gasteiger partial charge in [-0.1, -0.05) is 48.5 Å². The molecule has 2 saturated heterocycles. The van der Waals surface area contributed by atoms with E-state index in [2.05, 4.69) is 5.32 Å². The first-order valence-corrected chi connectivity index (χ1v) is 10.1. The third kappa shape index (κ3) is 4.60. The predicted octanol–water partition coefficient (Wildman–Crippen LogP) is 2.64. The Hall–Kier alpha value is -2.57. The zero-order valence-electron chi connectivity index (χ0n) is 17.1. The van der Waals surface area contributed by atoms with Crippen LogP contribution < -0.4 is 10.1 Å². The number of piperazine rings is 1. The second-order valence-corrected chi connectivity index (χ2v) is 7.65. The molecule has 2 aromatic rings. The molecule has 2 unspecified atom stereocenters. The molecule has 30 heavy (non-hydrogen) atoms. The highest BCUT2D eigenvalue weighted by atomic mass is 35.5. The van der Waals surface area contributed by atoms with E-state index in [0.717, 1.165) is 23.4 Å². The Kier molecular flexibility index (Phi) is 7.34. The van der Waals surface area contributed by atoms with Crippen molar-refractivity contribution in [2.45, 2.75) is 19.0 Å². The van der Waals surface area contributed by atoms with Crippen molar-refractivity contribution in [3.63, 3.8) is 0 Å². The molecular formula is C23H28ClN3O3. The first-order chi connectivity index (χ1) is 14.2. The number of nitrogens with one attached hydrogen (secondary N) is 1. The molecule has 0 aromatic heterocycles. The highest BCUT2D eigenvalue weighted by molar-refractivity contribution is 5.89. The fraction of sp³-hybridized carbons (Fsp3) is 0.391. The van der Waals surface area contributed by atoms with Crippen molar-refractivity contribution >= 4 is 24.2 Å². The van der Waals surface area contributed by atoms with E-state index < -0.39 is 0 Å². The Morgan fingerprint density at radius 1 is 1.13 bits per heavy atom. The van der Waals surface area contributed by atoms with Gasteiger partial charge in [0, 0.05) is 44.7 Å². The summed E-state index contributed by atoms with van der Waals surface area (Å²) in [5.41, 5.74) is 2.09. The van der Waals surface area contributed by atoms with Gasteiger partial charge >= 0.3 is 0 Å². The number of para-hydroxylation sites is 1. The largest absolute Gasteiger partial charge is 0.496 e. The van der Waals surface area contributed by atoms with Gasteiger partial charge in [0.15, 0.2) is 0 Å². The van der Waals surface area contributed by atoms with Crippen molar-refractivity contribution in [2.24, 2.45) is 5.92 Å². The van der Waals surface area contributed by atoms with Crippen LogP contribution in [0.1, 0.15) is 23.6 Å². The molecule has 1 N–H and O–H groups in total. The van der Waals surface area contributed by atoms with Crippen LogP contribution in [-0.4, -0.2) is 54.9 Å². The number of methoxy groups -OCH3 is 1. The quantitative estimate of drug-likeness (QED) is 0.793. The number of ether oxygens (including phenoxy) is 1. The fourth-order valence-electron chi connectivity index (χ4n) is 4.32. The number of likely N-dealkylation sites (tertiary alicyclic amines) is 1. The summed E-state index contributed by atoms with van der Waals surface area (Å²) < 4.78 is 5.52. The minimum absolute atomic E-state index is 0. The molecule has 2 aromatic carbocycles. The highest BCUT2D eigenvalue weighted by Gasteiger charge is 2.39. The molecule has 2 aliphatic rings. The molecule has 0 saturated carbocycles. The number of rotatable bonds is 5. The van der Waals surface area contributed by atoms with Crippen molar-refractivity contribution in [1.29, 1.82) is 0 Å². The smallest absolute Gasteiger partial charge is 0.228 e. The van der Waals surface area contributed by atoms with Gasteiger partial charge in [-0.2, -0.15) is 0 Å². The van der Waals surface area contributed by atoms with E-state index in [1.807, 2.05) is 59.5 Å². The topological polar surface area (TPSA) is 61.9 Å². The van der Waals surface area contributed by atoms with Crippen molar-refractivity contribution in [3.8, 4) is 5.75 Å². The molecule has 7 heteroatoms. The summed E-state index contributed by atoms with van der Waals surface area (Å²) in [5.74, 6) is 0.608. The molecule has 160 valence electrons. The molecular weight excluding hydrogens is 402 g/mol. The van der Waals surface area contributed by atoms with Gasteiger partial charge in [0.2, 0.25) is 11.8 Å². The van der Waals surface area contributed by atoms with E-state index in [1.165, 1.54) is 0 Å². The van der Waals surface area contributed by atoms with E-state index in [0.29, 0.717) is 26.2 Å². The summed E-state index contributed by atoms with van der Waals surface area (Å²) in [6.07, 6.45) is 0.286. The van der Waals surface area contributed by atoms with Crippen molar-refractivity contribution in [3.05, 3.63) is 65.7 Å². The van der Waals surface area contributed by atoms with Crippen molar-refractivity contribution in [2.75, 3.05) is 33.3 Å². The lowest BCUT2D eigenvalue weighted by atomic mass is 9.99. The SMILES string of the molecule is COc1ccccc1C1CNCCN1C(=O)C1CC(=O)N(Cc2ccccc2)C1.Cl. The maximum Gasteiger partial charge on any atom is 0.228 e. The maximum absolute atomic E-state index is 13.4.